The number of carbonyl (C=O) groups excluding carboxylic acids is 1. The van der Waals surface area contributed by atoms with Crippen molar-refractivity contribution in [3.05, 3.63) is 59.7 Å². The van der Waals surface area contributed by atoms with Gasteiger partial charge in [-0.05, 0) is 29.0 Å². The lowest BCUT2D eigenvalue weighted by molar-refractivity contribution is -0.116. The van der Waals surface area contributed by atoms with Crippen LogP contribution in [0.4, 0.5) is 0 Å². The number of amides is 1. The predicted molar refractivity (Wildman–Crippen MR) is 103 cm³/mol. The summed E-state index contributed by atoms with van der Waals surface area (Å²) in [5.41, 5.74) is 2.47. The monoisotopic (exact) mass is 339 g/mol. The average molecular weight is 339 g/mol. The van der Waals surface area contributed by atoms with E-state index in [1.165, 1.54) is 5.56 Å². The molecule has 4 nitrogen and oxygen atoms in total. The first-order valence-corrected chi connectivity index (χ1v) is 8.96. The maximum atomic E-state index is 11.9. The lowest BCUT2D eigenvalue weighted by Gasteiger charge is -2.18. The fraction of sp³-hybridized carbons (Fsp3) is 0.429. The van der Waals surface area contributed by atoms with Crippen LogP contribution in [0.1, 0.15) is 51.1 Å². The maximum Gasteiger partial charge on any atom is 0.244 e. The van der Waals surface area contributed by atoms with Gasteiger partial charge in [0.1, 0.15) is 5.82 Å². The van der Waals surface area contributed by atoms with Crippen molar-refractivity contribution >= 4 is 12.0 Å². The van der Waals surface area contributed by atoms with Crippen molar-refractivity contribution in [2.24, 2.45) is 0 Å². The Bertz CT molecular complexity index is 705. The van der Waals surface area contributed by atoms with Crippen LogP contribution in [0.2, 0.25) is 0 Å². The third kappa shape index (κ3) is 5.89. The zero-order valence-corrected chi connectivity index (χ0v) is 15.7. The number of aryl methyl sites for hydroxylation is 2. The molecule has 0 aliphatic rings. The number of hydrogen-bond acceptors (Lipinski definition) is 2. The Morgan fingerprint density at radius 2 is 1.96 bits per heavy atom. The molecule has 1 heterocycles. The van der Waals surface area contributed by atoms with Gasteiger partial charge < -0.3 is 9.88 Å². The van der Waals surface area contributed by atoms with Gasteiger partial charge in [-0.25, -0.2) is 4.98 Å². The second-order valence-corrected chi connectivity index (χ2v) is 7.24. The van der Waals surface area contributed by atoms with Crippen molar-refractivity contribution < 1.29 is 4.79 Å². The molecule has 0 aliphatic heterocycles. The predicted octanol–water partition coefficient (Wildman–Crippen LogP) is 3.96. The molecule has 0 saturated carbocycles. The highest BCUT2D eigenvalue weighted by Crippen LogP contribution is 2.22. The number of nitrogens with one attached hydrogen (secondary N) is 1. The van der Waals surface area contributed by atoms with Gasteiger partial charge in [-0.1, -0.05) is 52.0 Å². The summed E-state index contributed by atoms with van der Waals surface area (Å²) in [6.07, 6.45) is 9.08. The number of imidazole rings is 1. The molecular weight excluding hydrogens is 310 g/mol. The van der Waals surface area contributed by atoms with Gasteiger partial charge in [-0.2, -0.15) is 0 Å². The molecule has 1 aromatic heterocycles. The van der Waals surface area contributed by atoms with Crippen LogP contribution in [0, 0.1) is 0 Å². The Morgan fingerprint density at radius 3 is 2.60 bits per heavy atom. The molecule has 0 radical (unpaired) electrons. The van der Waals surface area contributed by atoms with Crippen LogP contribution < -0.4 is 5.32 Å². The van der Waals surface area contributed by atoms with Crippen molar-refractivity contribution in [1.82, 2.24) is 14.9 Å². The topological polar surface area (TPSA) is 46.9 Å². The van der Waals surface area contributed by atoms with Crippen molar-refractivity contribution in [1.29, 1.82) is 0 Å². The second kappa shape index (κ2) is 8.65. The van der Waals surface area contributed by atoms with Crippen molar-refractivity contribution in [2.45, 2.75) is 52.5 Å². The van der Waals surface area contributed by atoms with Crippen LogP contribution in [0.5, 0.6) is 0 Å². The highest BCUT2D eigenvalue weighted by molar-refractivity contribution is 5.91. The summed E-state index contributed by atoms with van der Waals surface area (Å²) >= 11 is 0. The van der Waals surface area contributed by atoms with Gasteiger partial charge in [0.2, 0.25) is 5.91 Å². The highest BCUT2D eigenvalue weighted by atomic mass is 16.1. The molecule has 0 unspecified atom stereocenters. The second-order valence-electron chi connectivity index (χ2n) is 7.24. The molecule has 2 rings (SSSR count). The van der Waals surface area contributed by atoms with Crippen molar-refractivity contribution in [3.63, 3.8) is 0 Å². The maximum absolute atomic E-state index is 11.9. The molecule has 0 saturated heterocycles. The summed E-state index contributed by atoms with van der Waals surface area (Å²) in [6, 6.07) is 8.34. The Labute approximate surface area is 151 Å². The zero-order valence-electron chi connectivity index (χ0n) is 15.7. The normalized spacial score (nSPS) is 11.8. The Morgan fingerprint density at radius 1 is 1.24 bits per heavy atom. The first-order chi connectivity index (χ1) is 11.9. The third-order valence-electron chi connectivity index (χ3n) is 4.20. The minimum absolute atomic E-state index is 0.0544. The minimum atomic E-state index is -0.0544. The van der Waals surface area contributed by atoms with E-state index < -0.39 is 0 Å². The SMILES string of the molecule is CCc1nccn1CCCNC(=O)/C=C/c1ccc(C(C)(C)C)cc1. The average Bonchev–Trinajstić information content (AvgIpc) is 3.04. The van der Waals surface area contributed by atoms with Crippen molar-refractivity contribution in [3.8, 4) is 0 Å². The van der Waals surface area contributed by atoms with Crippen LogP contribution in [0.15, 0.2) is 42.7 Å². The smallest absolute Gasteiger partial charge is 0.244 e. The van der Waals surface area contributed by atoms with Gasteiger partial charge in [0.05, 0.1) is 0 Å². The Balaban J connectivity index is 1.75. The van der Waals surface area contributed by atoms with E-state index in [4.69, 9.17) is 0 Å². The minimum Gasteiger partial charge on any atom is -0.352 e. The number of hydrogen-bond donors (Lipinski definition) is 1. The largest absolute Gasteiger partial charge is 0.352 e. The first kappa shape index (κ1) is 19.0. The van der Waals surface area contributed by atoms with E-state index in [1.54, 1.807) is 6.08 Å². The van der Waals surface area contributed by atoms with Gasteiger partial charge in [-0.15, -0.1) is 0 Å². The van der Waals surface area contributed by atoms with E-state index in [0.717, 1.165) is 30.8 Å². The quantitative estimate of drug-likeness (QED) is 0.613. The lowest BCUT2D eigenvalue weighted by atomic mass is 9.87. The fourth-order valence-corrected chi connectivity index (χ4v) is 2.64. The number of aromatic nitrogens is 2. The summed E-state index contributed by atoms with van der Waals surface area (Å²) in [4.78, 5) is 16.2. The summed E-state index contributed by atoms with van der Waals surface area (Å²) in [7, 11) is 0. The number of benzene rings is 1. The van der Waals surface area contributed by atoms with E-state index in [2.05, 4.69) is 66.8 Å². The molecule has 0 fully saturated rings. The van der Waals surface area contributed by atoms with Gasteiger partial charge in [0.25, 0.3) is 0 Å². The Kier molecular flexibility index (Phi) is 6.57. The summed E-state index contributed by atoms with van der Waals surface area (Å²) in [5.74, 6) is 1.03. The summed E-state index contributed by atoms with van der Waals surface area (Å²) < 4.78 is 2.14. The Hall–Kier alpha value is -2.36. The molecule has 0 spiro atoms. The first-order valence-electron chi connectivity index (χ1n) is 8.96. The summed E-state index contributed by atoms with van der Waals surface area (Å²) in [5, 5.41) is 2.93. The molecule has 0 aliphatic carbocycles. The molecule has 0 atom stereocenters. The van der Waals surface area contributed by atoms with Crippen LogP contribution >= 0.6 is 0 Å². The fourth-order valence-electron chi connectivity index (χ4n) is 2.64. The molecule has 1 amide bonds. The van der Waals surface area contributed by atoms with E-state index in [9.17, 15) is 4.79 Å². The lowest BCUT2D eigenvalue weighted by Crippen LogP contribution is -2.23. The van der Waals surface area contributed by atoms with Gasteiger partial charge in [0.15, 0.2) is 0 Å². The van der Waals surface area contributed by atoms with Gasteiger partial charge in [0, 0.05) is 38.0 Å². The standard InChI is InChI=1S/C21H29N3O/c1-5-19-22-14-16-24(19)15-6-13-23-20(25)12-9-17-7-10-18(11-8-17)21(2,3)4/h7-12,14,16H,5-6,13,15H2,1-4H3,(H,23,25)/b12-9+. The zero-order chi connectivity index (χ0) is 18.3. The van der Waals surface area contributed by atoms with E-state index >= 15 is 0 Å². The molecule has 134 valence electrons. The van der Waals surface area contributed by atoms with Crippen LogP contribution in [-0.4, -0.2) is 22.0 Å². The van der Waals surface area contributed by atoms with E-state index in [-0.39, 0.29) is 11.3 Å². The number of carbonyl (C=O) groups is 1. The molecule has 4 heteroatoms. The summed E-state index contributed by atoms with van der Waals surface area (Å²) in [6.45, 7) is 10.2. The molecule has 1 N–H and O–H groups in total. The number of rotatable bonds is 7. The third-order valence-corrected chi connectivity index (χ3v) is 4.20. The van der Waals surface area contributed by atoms with Crippen molar-refractivity contribution in [2.75, 3.05) is 6.54 Å². The van der Waals surface area contributed by atoms with Crippen LogP contribution in [-0.2, 0) is 23.2 Å². The molecule has 2 aromatic rings. The van der Waals surface area contributed by atoms with E-state index in [1.807, 2.05) is 18.5 Å². The highest BCUT2D eigenvalue weighted by Gasteiger charge is 2.12. The van der Waals surface area contributed by atoms with Gasteiger partial charge in [-0.3, -0.25) is 4.79 Å². The van der Waals surface area contributed by atoms with Crippen LogP contribution in [0.25, 0.3) is 6.08 Å². The van der Waals surface area contributed by atoms with Crippen LogP contribution in [0.3, 0.4) is 0 Å². The van der Waals surface area contributed by atoms with Gasteiger partial charge >= 0.3 is 0 Å². The molecule has 25 heavy (non-hydrogen) atoms. The van der Waals surface area contributed by atoms with E-state index in [0.29, 0.717) is 6.54 Å². The number of nitrogens with zero attached hydrogens (tertiary/aromatic N) is 2. The molecule has 1 aromatic carbocycles. The molecule has 0 bridgehead atoms. The molecular formula is C21H29N3O.